The van der Waals surface area contributed by atoms with Crippen LogP contribution in [0.3, 0.4) is 0 Å². The van der Waals surface area contributed by atoms with Crippen molar-refractivity contribution in [2.75, 3.05) is 33.3 Å². The lowest BCUT2D eigenvalue weighted by molar-refractivity contribution is -0.141. The molecule has 1 N–H and O–H groups in total. The second kappa shape index (κ2) is 10.2. The zero-order chi connectivity index (χ0) is 22.4. The molecular formula is C24H29NO6. The van der Waals surface area contributed by atoms with Crippen molar-refractivity contribution in [2.45, 2.75) is 26.2 Å². The summed E-state index contributed by atoms with van der Waals surface area (Å²) >= 11 is 0. The maximum absolute atomic E-state index is 12.5. The highest BCUT2D eigenvalue weighted by Crippen LogP contribution is 2.34. The van der Waals surface area contributed by atoms with Gasteiger partial charge in [-0.1, -0.05) is 19.1 Å². The molecule has 2 atom stereocenters. The van der Waals surface area contributed by atoms with Gasteiger partial charge in [-0.25, -0.2) is 0 Å². The Kier molecular flexibility index (Phi) is 7.39. The van der Waals surface area contributed by atoms with Gasteiger partial charge < -0.3 is 24.3 Å². The Morgan fingerprint density at radius 2 is 1.61 bits per heavy atom. The fourth-order valence-electron chi connectivity index (χ4n) is 3.82. The van der Waals surface area contributed by atoms with Gasteiger partial charge in [0, 0.05) is 12.3 Å². The predicted octanol–water partition coefficient (Wildman–Crippen LogP) is 3.64. The van der Waals surface area contributed by atoms with Crippen molar-refractivity contribution in [1.29, 1.82) is 0 Å². The van der Waals surface area contributed by atoms with Crippen molar-refractivity contribution >= 4 is 17.6 Å². The second-order valence-electron chi connectivity index (χ2n) is 7.53. The van der Waals surface area contributed by atoms with Crippen LogP contribution in [0.25, 0.3) is 0 Å². The van der Waals surface area contributed by atoms with Crippen molar-refractivity contribution in [2.24, 2.45) is 11.8 Å². The molecule has 1 aliphatic rings. The van der Waals surface area contributed by atoms with Crippen molar-refractivity contribution in [1.82, 2.24) is 0 Å². The van der Waals surface area contributed by atoms with E-state index in [-0.39, 0.29) is 23.7 Å². The molecule has 1 heterocycles. The van der Waals surface area contributed by atoms with Gasteiger partial charge in [0.15, 0.2) is 11.5 Å². The van der Waals surface area contributed by atoms with Crippen LogP contribution < -0.4 is 19.5 Å². The minimum absolute atomic E-state index is 0.0519. The summed E-state index contributed by atoms with van der Waals surface area (Å²) in [7, 11) is 4.77. The number of cyclic esters (lactones) is 1. The molecule has 3 rings (SSSR count). The summed E-state index contributed by atoms with van der Waals surface area (Å²) in [6.45, 7) is 2.18. The Hall–Kier alpha value is -3.22. The summed E-state index contributed by atoms with van der Waals surface area (Å²) < 4.78 is 21.5. The Labute approximate surface area is 182 Å². The van der Waals surface area contributed by atoms with Crippen LogP contribution in [0.1, 0.15) is 24.5 Å². The minimum atomic E-state index is -0.256. The van der Waals surface area contributed by atoms with Gasteiger partial charge in [0.05, 0.1) is 39.5 Å². The summed E-state index contributed by atoms with van der Waals surface area (Å²) in [5.74, 6) is 1.43. The van der Waals surface area contributed by atoms with E-state index in [1.807, 2.05) is 36.4 Å². The quantitative estimate of drug-likeness (QED) is 0.616. The number of carbonyl (C=O) groups is 2. The van der Waals surface area contributed by atoms with Gasteiger partial charge in [-0.2, -0.15) is 0 Å². The molecule has 7 heteroatoms. The molecule has 0 radical (unpaired) electrons. The van der Waals surface area contributed by atoms with E-state index in [9.17, 15) is 9.59 Å². The molecule has 1 amide bonds. The number of anilines is 1. The molecule has 0 unspecified atom stereocenters. The highest BCUT2D eigenvalue weighted by molar-refractivity contribution is 5.92. The van der Waals surface area contributed by atoms with E-state index >= 15 is 0 Å². The molecule has 0 aromatic heterocycles. The second-order valence-corrected chi connectivity index (χ2v) is 7.53. The summed E-state index contributed by atoms with van der Waals surface area (Å²) in [6.07, 6.45) is 1.62. The van der Waals surface area contributed by atoms with Crippen molar-refractivity contribution in [3.8, 4) is 17.2 Å². The number of ether oxygens (including phenoxy) is 4. The Bertz CT molecular complexity index is 942. The lowest BCUT2D eigenvalue weighted by atomic mass is 9.85. The topological polar surface area (TPSA) is 83.1 Å². The van der Waals surface area contributed by atoms with Crippen LogP contribution in [0.2, 0.25) is 0 Å². The van der Waals surface area contributed by atoms with Crippen LogP contribution >= 0.6 is 0 Å². The SMILES string of the molecule is CCC(=O)Nc1ccc(C[C@H]2C(=O)OC[C@@H]2Cc2ccc(OC)c(OC)c2)cc1OC. The zero-order valence-corrected chi connectivity index (χ0v) is 18.4. The summed E-state index contributed by atoms with van der Waals surface area (Å²) in [6, 6.07) is 11.4. The largest absolute Gasteiger partial charge is 0.495 e. The number of esters is 1. The fourth-order valence-corrected chi connectivity index (χ4v) is 3.82. The molecule has 0 aliphatic carbocycles. The van der Waals surface area contributed by atoms with Gasteiger partial charge in [0.2, 0.25) is 5.91 Å². The highest BCUT2D eigenvalue weighted by Gasteiger charge is 2.37. The van der Waals surface area contributed by atoms with Crippen molar-refractivity contribution < 1.29 is 28.5 Å². The maximum atomic E-state index is 12.5. The molecule has 166 valence electrons. The first kappa shape index (κ1) is 22.5. The van der Waals surface area contributed by atoms with Gasteiger partial charge in [-0.3, -0.25) is 9.59 Å². The van der Waals surface area contributed by atoms with E-state index in [0.717, 1.165) is 11.1 Å². The van der Waals surface area contributed by atoms with Gasteiger partial charge in [0.25, 0.3) is 0 Å². The van der Waals surface area contributed by atoms with Crippen LogP contribution in [0.5, 0.6) is 17.2 Å². The number of hydrogen-bond acceptors (Lipinski definition) is 6. The number of carbonyl (C=O) groups excluding carboxylic acids is 2. The number of hydrogen-bond donors (Lipinski definition) is 1. The summed E-state index contributed by atoms with van der Waals surface area (Å²) in [5.41, 5.74) is 2.63. The molecule has 2 aromatic rings. The first-order valence-electron chi connectivity index (χ1n) is 10.3. The molecule has 7 nitrogen and oxygen atoms in total. The molecular weight excluding hydrogens is 398 g/mol. The molecule has 0 bridgehead atoms. The molecule has 1 fully saturated rings. The highest BCUT2D eigenvalue weighted by atomic mass is 16.5. The van der Waals surface area contributed by atoms with Crippen LogP contribution in [0, 0.1) is 11.8 Å². The number of amides is 1. The molecule has 2 aromatic carbocycles. The Morgan fingerprint density at radius 3 is 2.29 bits per heavy atom. The van der Waals surface area contributed by atoms with Crippen molar-refractivity contribution in [3.63, 3.8) is 0 Å². The van der Waals surface area contributed by atoms with E-state index in [1.54, 1.807) is 28.3 Å². The maximum Gasteiger partial charge on any atom is 0.309 e. The van der Waals surface area contributed by atoms with Gasteiger partial charge in [-0.05, 0) is 48.2 Å². The number of benzene rings is 2. The van der Waals surface area contributed by atoms with E-state index in [1.165, 1.54) is 0 Å². The minimum Gasteiger partial charge on any atom is -0.495 e. The Balaban J connectivity index is 1.75. The van der Waals surface area contributed by atoms with E-state index in [0.29, 0.717) is 48.8 Å². The average molecular weight is 427 g/mol. The third-order valence-electron chi connectivity index (χ3n) is 5.57. The van der Waals surface area contributed by atoms with Crippen LogP contribution in [-0.4, -0.2) is 39.8 Å². The first-order chi connectivity index (χ1) is 15.0. The smallest absolute Gasteiger partial charge is 0.309 e. The Morgan fingerprint density at radius 1 is 0.968 bits per heavy atom. The third kappa shape index (κ3) is 5.29. The third-order valence-corrected chi connectivity index (χ3v) is 5.57. The first-order valence-corrected chi connectivity index (χ1v) is 10.3. The monoisotopic (exact) mass is 427 g/mol. The van der Waals surface area contributed by atoms with Crippen LogP contribution in [0.4, 0.5) is 5.69 Å². The molecule has 31 heavy (non-hydrogen) atoms. The standard InChI is InChI=1S/C24H29NO6/c1-5-23(26)25-19-8-6-16(12-21(19)29-3)11-18-17(14-31-24(18)27)10-15-7-9-20(28-2)22(13-15)30-4/h6-9,12-13,17-18H,5,10-11,14H2,1-4H3,(H,25,26)/t17-,18+/m0/s1. The van der Waals surface area contributed by atoms with Crippen LogP contribution in [-0.2, 0) is 27.2 Å². The molecule has 1 saturated heterocycles. The normalized spacial score (nSPS) is 17.7. The fraction of sp³-hybridized carbons (Fsp3) is 0.417. The summed E-state index contributed by atoms with van der Waals surface area (Å²) in [5, 5.41) is 2.82. The number of nitrogens with one attached hydrogen (secondary N) is 1. The van der Waals surface area contributed by atoms with E-state index in [2.05, 4.69) is 5.32 Å². The molecule has 1 aliphatic heterocycles. The summed E-state index contributed by atoms with van der Waals surface area (Å²) in [4.78, 5) is 24.2. The molecule has 0 saturated carbocycles. The average Bonchev–Trinajstić information content (AvgIpc) is 3.13. The van der Waals surface area contributed by atoms with Crippen molar-refractivity contribution in [3.05, 3.63) is 47.5 Å². The van der Waals surface area contributed by atoms with Gasteiger partial charge in [-0.15, -0.1) is 0 Å². The molecule has 0 spiro atoms. The zero-order valence-electron chi connectivity index (χ0n) is 18.4. The lowest BCUT2D eigenvalue weighted by Gasteiger charge is -2.17. The number of methoxy groups -OCH3 is 3. The van der Waals surface area contributed by atoms with Gasteiger partial charge >= 0.3 is 5.97 Å². The van der Waals surface area contributed by atoms with Crippen LogP contribution in [0.15, 0.2) is 36.4 Å². The van der Waals surface area contributed by atoms with Gasteiger partial charge in [0.1, 0.15) is 5.75 Å². The lowest BCUT2D eigenvalue weighted by Crippen LogP contribution is -2.21. The van der Waals surface area contributed by atoms with E-state index < -0.39 is 0 Å². The van der Waals surface area contributed by atoms with E-state index in [4.69, 9.17) is 18.9 Å². The predicted molar refractivity (Wildman–Crippen MR) is 117 cm³/mol. The number of rotatable bonds is 9.